The van der Waals surface area contributed by atoms with Crippen LogP contribution >= 0.6 is 34.7 Å². The van der Waals surface area contributed by atoms with Crippen LogP contribution in [0.3, 0.4) is 0 Å². The second-order valence-electron chi connectivity index (χ2n) is 18.7. The summed E-state index contributed by atoms with van der Waals surface area (Å²) in [5.41, 5.74) is 15.0. The summed E-state index contributed by atoms with van der Waals surface area (Å²) in [6.07, 6.45) is 1.40. The van der Waals surface area contributed by atoms with Gasteiger partial charge in [0, 0.05) is 61.5 Å². The van der Waals surface area contributed by atoms with Crippen molar-refractivity contribution in [3.63, 3.8) is 0 Å². The fourth-order valence-electron chi connectivity index (χ4n) is 8.49. The van der Waals surface area contributed by atoms with Crippen molar-refractivity contribution in [3.8, 4) is 0 Å². The van der Waals surface area contributed by atoms with E-state index in [0.29, 0.717) is 23.4 Å². The molecule has 406 valence electrons. The molecule has 11 N–H and O–H groups in total. The number of halogens is 1. The van der Waals surface area contributed by atoms with Gasteiger partial charge in [-0.15, -0.1) is 11.3 Å². The number of rotatable bonds is 16. The maximum absolute atomic E-state index is 15.0. The summed E-state index contributed by atoms with van der Waals surface area (Å²) < 4.78 is 0. The number of thiophene rings is 1. The third kappa shape index (κ3) is 18.6. The van der Waals surface area contributed by atoms with Gasteiger partial charge in [-0.3, -0.25) is 53.6 Å². The quantitative estimate of drug-likeness (QED) is 0.0559. The molecule has 1 aromatic heterocycles. The van der Waals surface area contributed by atoms with Gasteiger partial charge in [0.15, 0.2) is 5.96 Å². The number of carbonyl (C=O) groups is 9. The van der Waals surface area contributed by atoms with Gasteiger partial charge in [0.05, 0.1) is 0 Å². The molecule has 2 saturated heterocycles. The number of carbonyl (C=O) groups excluding carboxylic acids is 9. The number of likely N-dealkylation sites (tertiary alicyclic amines) is 1. The molecule has 0 bridgehead atoms. The average Bonchev–Trinajstić information content (AvgIpc) is 4.09. The van der Waals surface area contributed by atoms with E-state index in [1.54, 1.807) is 50.2 Å². The summed E-state index contributed by atoms with van der Waals surface area (Å²) in [6.45, 7) is 6.37. The smallest absolute Gasteiger partial charge is 0.264 e. The first-order chi connectivity index (χ1) is 35.8. The van der Waals surface area contributed by atoms with E-state index < -0.39 is 101 Å². The molecular formula is C51H69ClN12O9S2. The molecule has 21 nitrogen and oxygen atoms in total. The minimum Gasteiger partial charge on any atom is -0.370 e. The Morgan fingerprint density at radius 3 is 2.21 bits per heavy atom. The molecule has 0 unspecified atom stereocenters. The van der Waals surface area contributed by atoms with Crippen molar-refractivity contribution in [2.45, 2.75) is 128 Å². The third-order valence-corrected chi connectivity index (χ3v) is 14.7. The second kappa shape index (κ2) is 29.4. The lowest BCUT2D eigenvalue weighted by molar-refractivity contribution is -0.154. The molecule has 2 aromatic carbocycles. The summed E-state index contributed by atoms with van der Waals surface area (Å²) in [6, 6.07) is 11.0. The van der Waals surface area contributed by atoms with Crippen LogP contribution in [0.2, 0.25) is 5.02 Å². The minimum absolute atomic E-state index is 0.0526. The third-order valence-electron chi connectivity index (χ3n) is 12.4. The van der Waals surface area contributed by atoms with E-state index in [0.717, 1.165) is 22.4 Å². The van der Waals surface area contributed by atoms with Crippen molar-refractivity contribution >= 4 is 93.8 Å². The Morgan fingerprint density at radius 2 is 1.55 bits per heavy atom. The van der Waals surface area contributed by atoms with Crippen LogP contribution in [0.5, 0.6) is 0 Å². The molecule has 2 fully saturated rings. The van der Waals surface area contributed by atoms with Crippen molar-refractivity contribution in [2.75, 3.05) is 24.6 Å². The van der Waals surface area contributed by atoms with Gasteiger partial charge in [-0.1, -0.05) is 74.0 Å². The number of benzene rings is 2. The number of amides is 9. The summed E-state index contributed by atoms with van der Waals surface area (Å²) in [5, 5.41) is 19.9. The van der Waals surface area contributed by atoms with Crippen molar-refractivity contribution < 1.29 is 43.2 Å². The fourth-order valence-corrected chi connectivity index (χ4v) is 10.4. The van der Waals surface area contributed by atoms with Gasteiger partial charge >= 0.3 is 0 Å². The van der Waals surface area contributed by atoms with Crippen LogP contribution in [0.15, 0.2) is 77.1 Å². The molecule has 2 aliphatic rings. The predicted molar refractivity (Wildman–Crippen MR) is 287 cm³/mol. The molecule has 5 rings (SSSR count). The Kier molecular flexibility index (Phi) is 23.2. The van der Waals surface area contributed by atoms with Gasteiger partial charge in [0.25, 0.3) is 5.91 Å². The van der Waals surface area contributed by atoms with Crippen molar-refractivity contribution in [3.05, 3.63) is 93.1 Å². The van der Waals surface area contributed by atoms with Crippen LogP contribution in [0, 0.1) is 5.92 Å². The molecule has 3 heterocycles. The molecule has 7 atom stereocenters. The SMILES string of the molecule is CC(=O)NN1C(=O)[C@H](C)NC(=O)[C@@H](C(C)C)NC(=O)[C@H](Cc2cccs2)NC(=O)[C@H](Cc2ccc(Cl)cc2)NC(=O)CCCSC[C@H]1C(=O)N1CCC[C@H]1C(=O)N[C@H](CCCN=C(N)N)C(=O)NCc1ccccc1. The second-order valence-corrected chi connectivity index (χ2v) is 21.3. The first kappa shape index (κ1) is 59.2. The molecule has 75 heavy (non-hydrogen) atoms. The van der Waals surface area contributed by atoms with E-state index >= 15 is 4.79 Å². The molecular weight excluding hydrogens is 1020 g/mol. The largest absolute Gasteiger partial charge is 0.370 e. The minimum atomic E-state index is -1.45. The zero-order valence-corrected chi connectivity index (χ0v) is 45.0. The highest BCUT2D eigenvalue weighted by Crippen LogP contribution is 2.23. The van der Waals surface area contributed by atoms with Crippen LogP contribution in [-0.2, 0) is 62.5 Å². The maximum atomic E-state index is 15.0. The topological polar surface area (TPSA) is 309 Å². The summed E-state index contributed by atoms with van der Waals surface area (Å²) in [5.74, 6) is -6.49. The highest BCUT2D eigenvalue weighted by Gasteiger charge is 2.43. The first-order valence-electron chi connectivity index (χ1n) is 24.9. The van der Waals surface area contributed by atoms with Crippen LogP contribution in [0.1, 0.15) is 82.2 Å². The van der Waals surface area contributed by atoms with E-state index in [4.69, 9.17) is 23.1 Å². The van der Waals surface area contributed by atoms with Gasteiger partial charge in [-0.2, -0.15) is 11.8 Å². The molecule has 9 amide bonds. The van der Waals surface area contributed by atoms with E-state index in [9.17, 15) is 38.4 Å². The zero-order valence-electron chi connectivity index (χ0n) is 42.6. The highest BCUT2D eigenvalue weighted by molar-refractivity contribution is 7.99. The predicted octanol–water partition coefficient (Wildman–Crippen LogP) is 1.42. The number of guanidine groups is 1. The Morgan fingerprint density at radius 1 is 0.840 bits per heavy atom. The first-order valence-corrected chi connectivity index (χ1v) is 27.4. The molecule has 2 aliphatic heterocycles. The zero-order chi connectivity index (χ0) is 54.6. The summed E-state index contributed by atoms with van der Waals surface area (Å²) in [4.78, 5) is 133. The molecule has 0 radical (unpaired) electrons. The van der Waals surface area contributed by atoms with E-state index in [-0.39, 0.29) is 75.6 Å². The Bertz CT molecular complexity index is 2480. The number of nitrogens with zero attached hydrogens (tertiary/aromatic N) is 3. The Labute approximate surface area is 450 Å². The van der Waals surface area contributed by atoms with E-state index in [1.165, 1.54) is 34.9 Å². The number of nitrogens with two attached hydrogens (primary N) is 2. The lowest BCUT2D eigenvalue weighted by Crippen LogP contribution is -2.64. The number of nitrogens with one attached hydrogen (secondary N) is 7. The van der Waals surface area contributed by atoms with Crippen LogP contribution in [0.25, 0.3) is 0 Å². The van der Waals surface area contributed by atoms with Crippen LogP contribution in [-0.4, -0.2) is 136 Å². The number of thioether (sulfide) groups is 1. The lowest BCUT2D eigenvalue weighted by Gasteiger charge is -2.36. The van der Waals surface area contributed by atoms with Crippen LogP contribution in [0.4, 0.5) is 0 Å². The van der Waals surface area contributed by atoms with E-state index in [1.807, 2.05) is 35.7 Å². The van der Waals surface area contributed by atoms with Crippen molar-refractivity contribution in [1.82, 2.24) is 47.2 Å². The van der Waals surface area contributed by atoms with Gasteiger partial charge in [0.1, 0.15) is 42.3 Å². The van der Waals surface area contributed by atoms with Gasteiger partial charge in [0.2, 0.25) is 47.3 Å². The normalized spacial score (nSPS) is 21.9. The molecule has 0 spiro atoms. The Hall–Kier alpha value is -6.72. The Balaban J connectivity index is 1.44. The summed E-state index contributed by atoms with van der Waals surface area (Å²) >= 11 is 8.72. The molecule has 0 saturated carbocycles. The average molecular weight is 1090 g/mol. The van der Waals surface area contributed by atoms with Crippen LogP contribution < -0.4 is 48.8 Å². The monoisotopic (exact) mass is 1090 g/mol. The lowest BCUT2D eigenvalue weighted by atomic mass is 10.0. The number of hydrazine groups is 1. The molecule has 0 aliphatic carbocycles. The standard InChI is InChI=1S/C51H69ClN12O9S2/c1-30(2)43-48(71)57-31(3)49(72)64(62-32(4)65)41(50(73)63-23-9-16-40(63)47(70)59-37(15-8-22-55-51(53)54)44(67)56-28-34-12-6-5-7-13-34)29-74-24-11-17-42(66)58-38(26-33-18-20-35(52)21-19-33)45(68)60-39(46(69)61-43)27-36-14-10-25-75-36/h5-7,10,12-14,18-21,25,30-31,37-41,43H,8-9,11,15-17,22-24,26-29H2,1-4H3,(H,56,67)(H,57,71)(H,58,66)(H,59,70)(H,60,68)(H,61,69)(H,62,65)(H4,53,54,55)/t31-,37+,38-,39-,40-,41-,43+/m0/s1. The van der Waals surface area contributed by atoms with Gasteiger partial charge < -0.3 is 48.3 Å². The van der Waals surface area contributed by atoms with Crippen molar-refractivity contribution in [2.24, 2.45) is 22.4 Å². The molecule has 3 aromatic rings. The van der Waals surface area contributed by atoms with Gasteiger partial charge in [-0.05, 0) is 85.4 Å². The number of hydrogen-bond acceptors (Lipinski definition) is 12. The van der Waals surface area contributed by atoms with Gasteiger partial charge in [-0.25, -0.2) is 5.01 Å². The fraction of sp³-hybridized carbons (Fsp3) is 0.490. The van der Waals surface area contributed by atoms with E-state index in [2.05, 4.69) is 42.3 Å². The highest BCUT2D eigenvalue weighted by atomic mass is 35.5. The number of hydrogen-bond donors (Lipinski definition) is 9. The summed E-state index contributed by atoms with van der Waals surface area (Å²) in [7, 11) is 0. The number of aliphatic imine (C=N–C) groups is 1. The maximum Gasteiger partial charge on any atom is 0.264 e. The van der Waals surface area contributed by atoms with Crippen molar-refractivity contribution in [1.29, 1.82) is 0 Å². The molecule has 24 heteroatoms.